The van der Waals surface area contributed by atoms with E-state index in [1.807, 2.05) is 12.1 Å². The summed E-state index contributed by atoms with van der Waals surface area (Å²) < 4.78 is 1.49. The molecule has 2 aliphatic heterocycles. The van der Waals surface area contributed by atoms with E-state index in [9.17, 15) is 4.79 Å². The Balaban J connectivity index is 1.61. The maximum Gasteiger partial charge on any atom is 0.273 e. The average Bonchev–Trinajstić information content (AvgIpc) is 3.33. The molecule has 1 atom stereocenters. The first-order valence-corrected chi connectivity index (χ1v) is 7.60. The van der Waals surface area contributed by atoms with Gasteiger partial charge in [-0.3, -0.25) is 4.79 Å². The predicted octanol–water partition coefficient (Wildman–Crippen LogP) is 0.650. The lowest BCUT2D eigenvalue weighted by Gasteiger charge is -2.22. The SMILES string of the molecule is N#Cc1cnn(-c2ccc3c(n2)C(=O)N([C@@H]2CCN(C#N)C2)C3)c1. The molecule has 1 fully saturated rings. The van der Waals surface area contributed by atoms with Crippen molar-refractivity contribution in [3.05, 3.63) is 41.3 Å². The Labute approximate surface area is 138 Å². The standard InChI is InChI=1S/C16H13N7O/c17-5-11-6-19-23(7-11)14-2-1-12-8-22(16(24)15(12)20-14)13-3-4-21(9-13)10-18/h1-2,6-7,13H,3-4,8-9H2/t13-/m1/s1. The fourth-order valence-electron chi connectivity index (χ4n) is 3.20. The summed E-state index contributed by atoms with van der Waals surface area (Å²) in [6.45, 7) is 1.78. The highest BCUT2D eigenvalue weighted by molar-refractivity contribution is 5.96. The Morgan fingerprint density at radius 1 is 1.29 bits per heavy atom. The monoisotopic (exact) mass is 319 g/mol. The molecule has 8 nitrogen and oxygen atoms in total. The first-order valence-electron chi connectivity index (χ1n) is 7.60. The Bertz CT molecular complexity index is 904. The lowest BCUT2D eigenvalue weighted by atomic mass is 10.2. The van der Waals surface area contributed by atoms with Crippen LogP contribution in [0.5, 0.6) is 0 Å². The molecule has 0 unspecified atom stereocenters. The quantitative estimate of drug-likeness (QED) is 0.753. The zero-order valence-corrected chi connectivity index (χ0v) is 12.8. The number of nitriles is 2. The van der Waals surface area contributed by atoms with E-state index >= 15 is 0 Å². The van der Waals surface area contributed by atoms with Crippen LogP contribution in [-0.4, -0.2) is 49.6 Å². The minimum Gasteiger partial charge on any atom is -0.328 e. The van der Waals surface area contributed by atoms with Crippen LogP contribution < -0.4 is 0 Å². The molecule has 2 aromatic heterocycles. The number of carbonyl (C=O) groups is 1. The van der Waals surface area contributed by atoms with Crippen LogP contribution in [0.15, 0.2) is 24.5 Å². The van der Waals surface area contributed by atoms with Crippen LogP contribution >= 0.6 is 0 Å². The van der Waals surface area contributed by atoms with Crippen LogP contribution in [0.3, 0.4) is 0 Å². The van der Waals surface area contributed by atoms with Crippen molar-refractivity contribution < 1.29 is 4.79 Å². The molecule has 0 radical (unpaired) electrons. The predicted molar refractivity (Wildman–Crippen MR) is 81.5 cm³/mol. The van der Waals surface area contributed by atoms with Gasteiger partial charge in [0.15, 0.2) is 12.0 Å². The average molecular weight is 319 g/mol. The highest BCUT2D eigenvalue weighted by atomic mass is 16.2. The highest BCUT2D eigenvalue weighted by Gasteiger charge is 2.37. The van der Waals surface area contributed by atoms with Crippen LogP contribution in [0, 0.1) is 22.8 Å². The molecule has 1 amide bonds. The van der Waals surface area contributed by atoms with Gasteiger partial charge in [0.2, 0.25) is 0 Å². The highest BCUT2D eigenvalue weighted by Crippen LogP contribution is 2.27. The molecule has 2 aromatic rings. The lowest BCUT2D eigenvalue weighted by molar-refractivity contribution is 0.0707. The Hall–Kier alpha value is -3.39. The van der Waals surface area contributed by atoms with Gasteiger partial charge in [-0.15, -0.1) is 0 Å². The third-order valence-corrected chi connectivity index (χ3v) is 4.46. The minimum atomic E-state index is -0.107. The topological polar surface area (TPSA) is 102 Å². The zero-order chi connectivity index (χ0) is 16.7. The normalized spacial score (nSPS) is 19.2. The second kappa shape index (κ2) is 5.36. The zero-order valence-electron chi connectivity index (χ0n) is 12.8. The van der Waals surface area contributed by atoms with Gasteiger partial charge in [-0.25, -0.2) is 9.67 Å². The minimum absolute atomic E-state index is 0.0460. The van der Waals surface area contributed by atoms with Crippen LogP contribution in [0.25, 0.3) is 5.82 Å². The number of pyridine rings is 1. The number of hydrogen-bond donors (Lipinski definition) is 0. The van der Waals surface area contributed by atoms with E-state index in [0.717, 1.165) is 12.0 Å². The van der Waals surface area contributed by atoms with Crippen molar-refractivity contribution in [1.29, 1.82) is 10.5 Å². The molecule has 118 valence electrons. The summed E-state index contributed by atoms with van der Waals surface area (Å²) >= 11 is 0. The first kappa shape index (κ1) is 14.2. The van der Waals surface area contributed by atoms with Gasteiger partial charge >= 0.3 is 0 Å². The molecule has 24 heavy (non-hydrogen) atoms. The van der Waals surface area contributed by atoms with Crippen molar-refractivity contribution in [2.75, 3.05) is 13.1 Å². The molecule has 4 rings (SSSR count). The number of likely N-dealkylation sites (tertiary alicyclic amines) is 1. The molecule has 4 heterocycles. The van der Waals surface area contributed by atoms with Crippen molar-refractivity contribution in [2.45, 2.75) is 19.0 Å². The van der Waals surface area contributed by atoms with Crippen LogP contribution in [-0.2, 0) is 6.54 Å². The first-order chi connectivity index (χ1) is 11.7. The number of aromatic nitrogens is 3. The van der Waals surface area contributed by atoms with E-state index in [1.54, 1.807) is 22.1 Å². The molecule has 0 aromatic carbocycles. The van der Waals surface area contributed by atoms with E-state index < -0.39 is 0 Å². The summed E-state index contributed by atoms with van der Waals surface area (Å²) in [6.07, 6.45) is 5.96. The summed E-state index contributed by atoms with van der Waals surface area (Å²) in [6, 6.07) is 5.73. The van der Waals surface area contributed by atoms with Crippen molar-refractivity contribution in [3.63, 3.8) is 0 Å². The second-order valence-corrected chi connectivity index (χ2v) is 5.88. The van der Waals surface area contributed by atoms with Gasteiger partial charge in [-0.2, -0.15) is 15.6 Å². The third-order valence-electron chi connectivity index (χ3n) is 4.46. The summed E-state index contributed by atoms with van der Waals surface area (Å²) in [5.41, 5.74) is 1.75. The Kier molecular flexibility index (Phi) is 3.17. The van der Waals surface area contributed by atoms with Gasteiger partial charge in [0.25, 0.3) is 5.91 Å². The van der Waals surface area contributed by atoms with Gasteiger partial charge in [-0.1, -0.05) is 6.07 Å². The Morgan fingerprint density at radius 3 is 2.88 bits per heavy atom. The van der Waals surface area contributed by atoms with Gasteiger partial charge in [0, 0.05) is 25.2 Å². The maximum atomic E-state index is 12.7. The van der Waals surface area contributed by atoms with Crippen molar-refractivity contribution in [2.24, 2.45) is 0 Å². The number of fused-ring (bicyclic) bond motifs is 1. The fraction of sp³-hybridized carbons (Fsp3) is 0.312. The second-order valence-electron chi connectivity index (χ2n) is 5.88. The van der Waals surface area contributed by atoms with E-state index in [1.165, 1.54) is 10.9 Å². The van der Waals surface area contributed by atoms with Crippen LogP contribution in [0.2, 0.25) is 0 Å². The van der Waals surface area contributed by atoms with E-state index in [-0.39, 0.29) is 11.9 Å². The Morgan fingerprint density at radius 2 is 2.17 bits per heavy atom. The fourth-order valence-corrected chi connectivity index (χ4v) is 3.20. The summed E-state index contributed by atoms with van der Waals surface area (Å²) in [5.74, 6) is 0.403. The molecule has 0 spiro atoms. The number of hydrogen-bond acceptors (Lipinski definition) is 6. The van der Waals surface area contributed by atoms with Gasteiger partial charge < -0.3 is 9.80 Å². The molecule has 8 heteroatoms. The van der Waals surface area contributed by atoms with E-state index in [0.29, 0.717) is 36.7 Å². The number of amides is 1. The summed E-state index contributed by atoms with van der Waals surface area (Å²) in [7, 11) is 0. The number of rotatable bonds is 2. The number of carbonyl (C=O) groups excluding carboxylic acids is 1. The molecule has 0 aliphatic carbocycles. The number of nitrogens with zero attached hydrogens (tertiary/aromatic N) is 7. The van der Waals surface area contributed by atoms with Crippen molar-refractivity contribution >= 4 is 5.91 Å². The smallest absolute Gasteiger partial charge is 0.273 e. The van der Waals surface area contributed by atoms with Crippen LogP contribution in [0.1, 0.15) is 28.0 Å². The van der Waals surface area contributed by atoms with Crippen molar-refractivity contribution in [1.82, 2.24) is 24.6 Å². The summed E-state index contributed by atoms with van der Waals surface area (Å²) in [5, 5.41) is 21.9. The lowest BCUT2D eigenvalue weighted by Crippen LogP contribution is -2.37. The molecular formula is C16H13N7O. The van der Waals surface area contributed by atoms with Gasteiger partial charge in [-0.05, 0) is 12.5 Å². The van der Waals surface area contributed by atoms with Gasteiger partial charge in [0.1, 0.15) is 11.8 Å². The van der Waals surface area contributed by atoms with E-state index in [2.05, 4.69) is 16.3 Å². The molecule has 1 saturated heterocycles. The molecular weight excluding hydrogens is 306 g/mol. The summed E-state index contributed by atoms with van der Waals surface area (Å²) in [4.78, 5) is 20.6. The third kappa shape index (κ3) is 2.17. The largest absolute Gasteiger partial charge is 0.328 e. The maximum absolute atomic E-state index is 12.7. The van der Waals surface area contributed by atoms with E-state index in [4.69, 9.17) is 10.5 Å². The molecule has 2 aliphatic rings. The molecule has 0 saturated carbocycles. The van der Waals surface area contributed by atoms with Crippen LogP contribution in [0.4, 0.5) is 0 Å². The van der Waals surface area contributed by atoms with Crippen molar-refractivity contribution in [3.8, 4) is 18.1 Å². The molecule has 0 bridgehead atoms. The molecule has 0 N–H and O–H groups in total. The van der Waals surface area contributed by atoms with Gasteiger partial charge in [0.05, 0.1) is 24.0 Å².